The van der Waals surface area contributed by atoms with Crippen LogP contribution in [0.2, 0.25) is 5.02 Å². The monoisotopic (exact) mass is 420 g/mol. The maximum absolute atomic E-state index is 12.7. The van der Waals surface area contributed by atoms with E-state index in [-0.39, 0.29) is 12.5 Å². The molecule has 1 atom stereocenters. The highest BCUT2D eigenvalue weighted by molar-refractivity contribution is 7.92. The van der Waals surface area contributed by atoms with E-state index in [0.29, 0.717) is 22.2 Å². The molecule has 28 heavy (non-hydrogen) atoms. The molecular weight excluding hydrogens is 396 g/mol. The van der Waals surface area contributed by atoms with E-state index in [0.717, 1.165) is 31.5 Å². The molecule has 1 fully saturated rings. The first kappa shape index (κ1) is 20.7. The number of sulfonamides is 1. The standard InChI is InChI=1S/C21H25ClN2O3S/c1-16-5-4-12-23(14-16)21(25)18-10-8-17(9-11-18)15-24(28(2,26)27)20-7-3-6-19(22)13-20/h3,6-11,13,16H,4-5,12,14-15H2,1-2H3/t16-/m1/s1. The Morgan fingerprint density at radius 2 is 1.93 bits per heavy atom. The SMILES string of the molecule is C[C@@H]1CCCN(C(=O)c2ccc(CN(c3cccc(Cl)c3)S(C)(=O)=O)cc2)C1. The summed E-state index contributed by atoms with van der Waals surface area (Å²) in [5, 5.41) is 0.475. The maximum Gasteiger partial charge on any atom is 0.253 e. The number of benzene rings is 2. The molecule has 0 aliphatic carbocycles. The van der Waals surface area contributed by atoms with Crippen LogP contribution < -0.4 is 4.31 Å². The van der Waals surface area contributed by atoms with E-state index in [9.17, 15) is 13.2 Å². The van der Waals surface area contributed by atoms with E-state index in [2.05, 4.69) is 6.92 Å². The van der Waals surface area contributed by atoms with Crippen molar-refractivity contribution >= 4 is 33.2 Å². The molecule has 1 amide bonds. The summed E-state index contributed by atoms with van der Waals surface area (Å²) in [4.78, 5) is 14.6. The summed E-state index contributed by atoms with van der Waals surface area (Å²) in [6, 6.07) is 13.9. The van der Waals surface area contributed by atoms with Crippen LogP contribution in [0.4, 0.5) is 5.69 Å². The van der Waals surface area contributed by atoms with Crippen molar-refractivity contribution in [1.82, 2.24) is 4.90 Å². The third-order valence-corrected chi connectivity index (χ3v) is 6.34. The van der Waals surface area contributed by atoms with Gasteiger partial charge in [-0.1, -0.05) is 36.7 Å². The molecule has 0 radical (unpaired) electrons. The normalized spacial score (nSPS) is 17.4. The Balaban J connectivity index is 1.77. The van der Waals surface area contributed by atoms with Gasteiger partial charge in [0.15, 0.2) is 0 Å². The van der Waals surface area contributed by atoms with E-state index in [1.807, 2.05) is 17.0 Å². The number of amides is 1. The second-order valence-electron chi connectivity index (χ2n) is 7.44. The lowest BCUT2D eigenvalue weighted by molar-refractivity contribution is 0.0683. The van der Waals surface area contributed by atoms with Gasteiger partial charge < -0.3 is 4.90 Å². The van der Waals surface area contributed by atoms with Crippen molar-refractivity contribution in [1.29, 1.82) is 0 Å². The fourth-order valence-corrected chi connectivity index (χ4v) is 4.57. The molecule has 0 saturated carbocycles. The minimum absolute atomic E-state index is 0.0351. The number of nitrogens with zero attached hydrogens (tertiary/aromatic N) is 2. The van der Waals surface area contributed by atoms with E-state index in [1.54, 1.807) is 36.4 Å². The predicted molar refractivity (Wildman–Crippen MR) is 113 cm³/mol. The lowest BCUT2D eigenvalue weighted by Crippen LogP contribution is -2.39. The predicted octanol–water partition coefficient (Wildman–Crippen LogP) is 4.18. The molecule has 0 N–H and O–H groups in total. The van der Waals surface area contributed by atoms with Gasteiger partial charge in [-0.25, -0.2) is 8.42 Å². The smallest absolute Gasteiger partial charge is 0.253 e. The Hall–Kier alpha value is -2.05. The number of hydrogen-bond acceptors (Lipinski definition) is 3. The molecule has 0 unspecified atom stereocenters. The zero-order chi connectivity index (χ0) is 20.3. The molecule has 1 saturated heterocycles. The third kappa shape index (κ3) is 5.06. The molecule has 2 aromatic rings. The molecule has 0 spiro atoms. The van der Waals surface area contributed by atoms with Crippen molar-refractivity contribution < 1.29 is 13.2 Å². The minimum atomic E-state index is -3.48. The van der Waals surface area contributed by atoms with Gasteiger partial charge in [-0.15, -0.1) is 0 Å². The Morgan fingerprint density at radius 3 is 2.54 bits per heavy atom. The number of likely N-dealkylation sites (tertiary alicyclic amines) is 1. The molecule has 5 nitrogen and oxygen atoms in total. The van der Waals surface area contributed by atoms with Gasteiger partial charge in [-0.05, 0) is 54.7 Å². The zero-order valence-corrected chi connectivity index (χ0v) is 17.7. The number of carbonyl (C=O) groups is 1. The lowest BCUT2D eigenvalue weighted by Gasteiger charge is -2.31. The summed E-state index contributed by atoms with van der Waals surface area (Å²) < 4.78 is 25.9. The lowest BCUT2D eigenvalue weighted by atomic mass is 9.99. The van der Waals surface area contributed by atoms with Gasteiger partial charge in [0.25, 0.3) is 5.91 Å². The van der Waals surface area contributed by atoms with Crippen LogP contribution in [0, 0.1) is 5.92 Å². The summed E-state index contributed by atoms with van der Waals surface area (Å²) in [6.45, 7) is 3.92. The fraction of sp³-hybridized carbons (Fsp3) is 0.381. The van der Waals surface area contributed by atoms with Gasteiger partial charge in [0.1, 0.15) is 0 Å². The van der Waals surface area contributed by atoms with Crippen LogP contribution in [0.3, 0.4) is 0 Å². The molecule has 7 heteroatoms. The summed E-state index contributed by atoms with van der Waals surface area (Å²) >= 11 is 6.02. The highest BCUT2D eigenvalue weighted by Crippen LogP contribution is 2.24. The van der Waals surface area contributed by atoms with Gasteiger partial charge in [-0.2, -0.15) is 0 Å². The van der Waals surface area contributed by atoms with Crippen LogP contribution >= 0.6 is 11.6 Å². The van der Waals surface area contributed by atoms with Gasteiger partial charge >= 0.3 is 0 Å². The van der Waals surface area contributed by atoms with E-state index in [1.165, 1.54) is 10.6 Å². The van der Waals surface area contributed by atoms with Crippen molar-refractivity contribution in [3.05, 3.63) is 64.7 Å². The first-order chi connectivity index (χ1) is 13.2. The fourth-order valence-electron chi connectivity index (χ4n) is 3.51. The number of carbonyl (C=O) groups excluding carboxylic acids is 1. The molecule has 0 bridgehead atoms. The molecule has 1 aliphatic heterocycles. The highest BCUT2D eigenvalue weighted by atomic mass is 35.5. The van der Waals surface area contributed by atoms with Crippen molar-refractivity contribution in [2.75, 3.05) is 23.7 Å². The first-order valence-electron chi connectivity index (χ1n) is 9.35. The Kier molecular flexibility index (Phi) is 6.30. The third-order valence-electron chi connectivity index (χ3n) is 4.97. The Bertz CT molecular complexity index is 944. The van der Waals surface area contributed by atoms with Crippen LogP contribution in [0.1, 0.15) is 35.7 Å². The van der Waals surface area contributed by atoms with E-state index < -0.39 is 10.0 Å². The summed E-state index contributed by atoms with van der Waals surface area (Å²) in [5.41, 5.74) is 1.94. The summed E-state index contributed by atoms with van der Waals surface area (Å²) in [5.74, 6) is 0.561. The maximum atomic E-state index is 12.7. The van der Waals surface area contributed by atoms with Crippen LogP contribution in [0.5, 0.6) is 0 Å². The number of halogens is 1. The van der Waals surface area contributed by atoms with Gasteiger partial charge in [0, 0.05) is 23.7 Å². The van der Waals surface area contributed by atoms with Crippen LogP contribution in [0.25, 0.3) is 0 Å². The average Bonchev–Trinajstić information content (AvgIpc) is 2.65. The highest BCUT2D eigenvalue weighted by Gasteiger charge is 2.22. The van der Waals surface area contributed by atoms with Gasteiger partial charge in [0.05, 0.1) is 18.5 Å². The van der Waals surface area contributed by atoms with Crippen molar-refractivity contribution in [3.63, 3.8) is 0 Å². The molecule has 3 rings (SSSR count). The largest absolute Gasteiger partial charge is 0.338 e. The van der Waals surface area contributed by atoms with E-state index >= 15 is 0 Å². The van der Waals surface area contributed by atoms with Gasteiger partial charge in [-0.3, -0.25) is 9.10 Å². The molecular formula is C21H25ClN2O3S. The second-order valence-corrected chi connectivity index (χ2v) is 9.79. The number of piperidine rings is 1. The topological polar surface area (TPSA) is 57.7 Å². The van der Waals surface area contributed by atoms with E-state index in [4.69, 9.17) is 11.6 Å². The molecule has 2 aromatic carbocycles. The van der Waals surface area contributed by atoms with Crippen molar-refractivity contribution in [3.8, 4) is 0 Å². The van der Waals surface area contributed by atoms with Crippen LogP contribution in [-0.2, 0) is 16.6 Å². The van der Waals surface area contributed by atoms with Gasteiger partial charge in [0.2, 0.25) is 10.0 Å². The minimum Gasteiger partial charge on any atom is -0.338 e. The second kappa shape index (κ2) is 8.53. The summed E-state index contributed by atoms with van der Waals surface area (Å²) in [7, 11) is -3.48. The number of hydrogen-bond donors (Lipinski definition) is 0. The quantitative estimate of drug-likeness (QED) is 0.729. The Labute approximate surface area is 172 Å². The molecule has 1 aliphatic rings. The van der Waals surface area contributed by atoms with Crippen LogP contribution in [0.15, 0.2) is 48.5 Å². The average molecular weight is 421 g/mol. The first-order valence-corrected chi connectivity index (χ1v) is 11.6. The van der Waals surface area contributed by atoms with Crippen molar-refractivity contribution in [2.24, 2.45) is 5.92 Å². The summed E-state index contributed by atoms with van der Waals surface area (Å²) in [6.07, 6.45) is 3.37. The zero-order valence-electron chi connectivity index (χ0n) is 16.1. The molecule has 0 aromatic heterocycles. The molecule has 1 heterocycles. The molecule has 150 valence electrons. The van der Waals surface area contributed by atoms with Crippen LogP contribution in [-0.4, -0.2) is 38.6 Å². The Morgan fingerprint density at radius 1 is 1.21 bits per heavy atom. The number of rotatable bonds is 5. The van der Waals surface area contributed by atoms with Crippen molar-refractivity contribution in [2.45, 2.75) is 26.3 Å². The number of anilines is 1.